The first-order valence-electron chi connectivity index (χ1n) is 7.14. The average Bonchev–Trinajstić information content (AvgIpc) is 2.73. The largest absolute Gasteiger partial charge is 0.417 e. The van der Waals surface area contributed by atoms with Crippen LogP contribution in [-0.4, -0.2) is 20.6 Å². The number of halogens is 3. The molecule has 2 N–H and O–H groups in total. The quantitative estimate of drug-likeness (QED) is 0.823. The molecule has 1 fully saturated rings. The van der Waals surface area contributed by atoms with Crippen molar-refractivity contribution < 1.29 is 13.2 Å². The minimum absolute atomic E-state index is 0.0361. The van der Waals surface area contributed by atoms with Gasteiger partial charge in [-0.15, -0.1) is 10.2 Å². The fraction of sp³-hybridized carbons (Fsp3) is 0.571. The highest BCUT2D eigenvalue weighted by Gasteiger charge is 2.32. The molecule has 2 atom stereocenters. The molecule has 3 rings (SSSR count). The summed E-state index contributed by atoms with van der Waals surface area (Å²) in [6, 6.07) is 2.30. The van der Waals surface area contributed by atoms with Gasteiger partial charge in [0, 0.05) is 18.2 Å². The molecule has 2 aromatic rings. The molecule has 114 valence electrons. The van der Waals surface area contributed by atoms with Crippen molar-refractivity contribution in [3.8, 4) is 0 Å². The van der Waals surface area contributed by atoms with Gasteiger partial charge in [0.05, 0.1) is 5.56 Å². The smallest absolute Gasteiger partial charge is 0.327 e. The highest BCUT2D eigenvalue weighted by Crippen LogP contribution is 2.32. The SMILES string of the molecule is NC1CCCCCC1c1nnc2ccc(C(F)(F)F)cn12. The molecule has 0 aliphatic heterocycles. The lowest BCUT2D eigenvalue weighted by atomic mass is 9.94. The minimum Gasteiger partial charge on any atom is -0.327 e. The third-order valence-electron chi connectivity index (χ3n) is 4.16. The van der Waals surface area contributed by atoms with E-state index in [-0.39, 0.29) is 12.0 Å². The number of pyridine rings is 1. The first-order valence-corrected chi connectivity index (χ1v) is 7.14. The molecule has 2 unspecified atom stereocenters. The molecule has 0 amide bonds. The molecule has 1 aliphatic carbocycles. The predicted octanol–water partition coefficient (Wildman–Crippen LogP) is 3.12. The first-order chi connectivity index (χ1) is 9.97. The van der Waals surface area contributed by atoms with Crippen molar-refractivity contribution in [3.05, 3.63) is 29.7 Å². The minimum atomic E-state index is -4.37. The Bertz CT molecular complexity index is 635. The highest BCUT2D eigenvalue weighted by molar-refractivity contribution is 5.40. The van der Waals surface area contributed by atoms with Gasteiger partial charge in [0.15, 0.2) is 5.65 Å². The van der Waals surface area contributed by atoms with E-state index in [4.69, 9.17) is 5.73 Å². The van der Waals surface area contributed by atoms with Crippen molar-refractivity contribution in [3.63, 3.8) is 0 Å². The number of rotatable bonds is 1. The Morgan fingerprint density at radius 1 is 1.10 bits per heavy atom. The van der Waals surface area contributed by atoms with Gasteiger partial charge in [-0.3, -0.25) is 4.40 Å². The average molecular weight is 298 g/mol. The van der Waals surface area contributed by atoms with Gasteiger partial charge in [0.1, 0.15) is 5.82 Å². The summed E-state index contributed by atoms with van der Waals surface area (Å²) in [5.74, 6) is 0.511. The topological polar surface area (TPSA) is 56.2 Å². The van der Waals surface area contributed by atoms with E-state index < -0.39 is 11.7 Å². The summed E-state index contributed by atoms with van der Waals surface area (Å²) in [6.07, 6.45) is 1.60. The van der Waals surface area contributed by atoms with E-state index in [0.717, 1.165) is 44.4 Å². The summed E-state index contributed by atoms with van der Waals surface area (Å²) < 4.78 is 40.0. The Morgan fingerprint density at radius 2 is 1.86 bits per heavy atom. The van der Waals surface area contributed by atoms with Crippen LogP contribution in [0.15, 0.2) is 18.3 Å². The molecular weight excluding hydrogens is 281 g/mol. The molecule has 4 nitrogen and oxygen atoms in total. The van der Waals surface area contributed by atoms with Gasteiger partial charge in [-0.25, -0.2) is 0 Å². The van der Waals surface area contributed by atoms with Crippen molar-refractivity contribution in [1.29, 1.82) is 0 Å². The van der Waals surface area contributed by atoms with Crippen molar-refractivity contribution >= 4 is 5.65 Å². The van der Waals surface area contributed by atoms with Crippen LogP contribution in [0.1, 0.15) is 49.4 Å². The molecule has 21 heavy (non-hydrogen) atoms. The summed E-state index contributed by atoms with van der Waals surface area (Å²) in [7, 11) is 0. The van der Waals surface area contributed by atoms with Crippen LogP contribution >= 0.6 is 0 Å². The second-order valence-corrected chi connectivity index (χ2v) is 5.61. The Balaban J connectivity index is 2.05. The molecule has 0 radical (unpaired) electrons. The number of hydrogen-bond donors (Lipinski definition) is 1. The molecule has 1 saturated carbocycles. The molecule has 0 spiro atoms. The van der Waals surface area contributed by atoms with Crippen LogP contribution in [0.5, 0.6) is 0 Å². The van der Waals surface area contributed by atoms with Crippen LogP contribution in [0.3, 0.4) is 0 Å². The first kappa shape index (κ1) is 14.3. The van der Waals surface area contributed by atoms with Crippen LogP contribution in [-0.2, 0) is 6.18 Å². The zero-order valence-corrected chi connectivity index (χ0v) is 11.5. The summed E-state index contributed by atoms with van der Waals surface area (Å²) in [5, 5.41) is 8.07. The zero-order valence-electron chi connectivity index (χ0n) is 11.5. The second kappa shape index (κ2) is 5.29. The number of nitrogens with zero attached hydrogens (tertiary/aromatic N) is 3. The monoisotopic (exact) mass is 298 g/mol. The van der Waals surface area contributed by atoms with Crippen LogP contribution in [0.2, 0.25) is 0 Å². The number of nitrogens with two attached hydrogens (primary N) is 1. The van der Waals surface area contributed by atoms with E-state index in [1.54, 1.807) is 0 Å². The predicted molar refractivity (Wildman–Crippen MR) is 71.8 cm³/mol. The maximum absolute atomic E-state index is 12.9. The normalized spacial score (nSPS) is 24.2. The molecule has 0 saturated heterocycles. The van der Waals surface area contributed by atoms with E-state index >= 15 is 0 Å². The van der Waals surface area contributed by atoms with Crippen LogP contribution in [0, 0.1) is 0 Å². The fourth-order valence-electron chi connectivity index (χ4n) is 2.99. The lowest BCUT2D eigenvalue weighted by Gasteiger charge is -2.19. The van der Waals surface area contributed by atoms with Crippen molar-refractivity contribution in [1.82, 2.24) is 14.6 Å². The number of aromatic nitrogens is 3. The molecule has 2 aromatic heterocycles. The summed E-state index contributed by atoms with van der Waals surface area (Å²) in [4.78, 5) is 0. The molecule has 1 aliphatic rings. The Hall–Kier alpha value is -1.63. The number of alkyl halides is 3. The van der Waals surface area contributed by atoms with E-state index in [0.29, 0.717) is 11.5 Å². The molecule has 0 bridgehead atoms. The Morgan fingerprint density at radius 3 is 2.62 bits per heavy atom. The third-order valence-corrected chi connectivity index (χ3v) is 4.16. The Labute approximate surface area is 120 Å². The number of hydrogen-bond acceptors (Lipinski definition) is 3. The lowest BCUT2D eigenvalue weighted by molar-refractivity contribution is -0.137. The van der Waals surface area contributed by atoms with Crippen molar-refractivity contribution in [2.24, 2.45) is 5.73 Å². The Kier molecular flexibility index (Phi) is 3.61. The summed E-state index contributed by atoms with van der Waals surface area (Å²) in [6.45, 7) is 0. The summed E-state index contributed by atoms with van der Waals surface area (Å²) in [5.41, 5.74) is 5.91. The maximum atomic E-state index is 12.9. The second-order valence-electron chi connectivity index (χ2n) is 5.61. The van der Waals surface area contributed by atoms with E-state index in [1.165, 1.54) is 10.5 Å². The van der Waals surface area contributed by atoms with E-state index in [1.807, 2.05) is 0 Å². The van der Waals surface area contributed by atoms with Crippen LogP contribution in [0.25, 0.3) is 5.65 Å². The standard InChI is InChI=1S/C14H17F3N4/c15-14(16,17)9-6-7-12-19-20-13(21(12)8-9)10-4-2-1-3-5-11(10)18/h6-8,10-11H,1-5,18H2. The molecular formula is C14H17F3N4. The van der Waals surface area contributed by atoms with Crippen LogP contribution < -0.4 is 5.73 Å². The van der Waals surface area contributed by atoms with Crippen molar-refractivity contribution in [2.75, 3.05) is 0 Å². The van der Waals surface area contributed by atoms with Gasteiger partial charge in [-0.05, 0) is 25.0 Å². The number of fused-ring (bicyclic) bond motifs is 1. The van der Waals surface area contributed by atoms with Gasteiger partial charge in [-0.2, -0.15) is 13.2 Å². The lowest BCUT2D eigenvalue weighted by Crippen LogP contribution is -2.28. The molecule has 2 heterocycles. The van der Waals surface area contributed by atoms with E-state index in [2.05, 4.69) is 10.2 Å². The molecule has 7 heteroatoms. The van der Waals surface area contributed by atoms with Gasteiger partial charge in [0.2, 0.25) is 0 Å². The van der Waals surface area contributed by atoms with Gasteiger partial charge in [0.25, 0.3) is 0 Å². The maximum Gasteiger partial charge on any atom is 0.417 e. The fourth-order valence-corrected chi connectivity index (χ4v) is 2.99. The molecule has 0 aromatic carbocycles. The summed E-state index contributed by atoms with van der Waals surface area (Å²) >= 11 is 0. The zero-order chi connectivity index (χ0) is 15.0. The van der Waals surface area contributed by atoms with Crippen molar-refractivity contribution in [2.45, 2.75) is 50.2 Å². The van der Waals surface area contributed by atoms with Gasteiger partial charge >= 0.3 is 6.18 Å². The van der Waals surface area contributed by atoms with Gasteiger partial charge in [-0.1, -0.05) is 19.3 Å². The van der Waals surface area contributed by atoms with Gasteiger partial charge < -0.3 is 5.73 Å². The third kappa shape index (κ3) is 2.74. The van der Waals surface area contributed by atoms with E-state index in [9.17, 15) is 13.2 Å². The van der Waals surface area contributed by atoms with Crippen LogP contribution in [0.4, 0.5) is 13.2 Å². The highest BCUT2D eigenvalue weighted by atomic mass is 19.4.